The van der Waals surface area contributed by atoms with Crippen LogP contribution >= 0.6 is 0 Å². The standard InChI is InChI=1S/C22H27NO2/c1-21(2)11-17-12-22(3,14-21)15-23(17)20(24)13-25-19-10-6-8-16-7-4-5-9-18(16)19/h4-10,17H,11-15H2,1-3H3/t17-,22+/m1/s1. The van der Waals surface area contributed by atoms with Crippen molar-refractivity contribution in [2.75, 3.05) is 13.2 Å². The Morgan fingerprint density at radius 3 is 2.72 bits per heavy atom. The maximum Gasteiger partial charge on any atom is 0.260 e. The molecule has 0 radical (unpaired) electrons. The van der Waals surface area contributed by atoms with E-state index in [0.29, 0.717) is 11.5 Å². The minimum Gasteiger partial charge on any atom is -0.483 e. The first-order chi connectivity index (χ1) is 11.9. The third-order valence-corrected chi connectivity index (χ3v) is 5.84. The fourth-order valence-corrected chi connectivity index (χ4v) is 5.30. The normalized spacial score (nSPS) is 27.5. The van der Waals surface area contributed by atoms with Crippen LogP contribution in [0.2, 0.25) is 0 Å². The van der Waals surface area contributed by atoms with Gasteiger partial charge in [0.15, 0.2) is 6.61 Å². The Hall–Kier alpha value is -2.03. The summed E-state index contributed by atoms with van der Waals surface area (Å²) >= 11 is 0. The highest BCUT2D eigenvalue weighted by molar-refractivity contribution is 5.88. The van der Waals surface area contributed by atoms with E-state index in [-0.39, 0.29) is 17.9 Å². The summed E-state index contributed by atoms with van der Waals surface area (Å²) in [5.74, 6) is 0.916. The van der Waals surface area contributed by atoms with Gasteiger partial charge < -0.3 is 9.64 Å². The van der Waals surface area contributed by atoms with Crippen molar-refractivity contribution in [1.82, 2.24) is 4.90 Å². The van der Waals surface area contributed by atoms with Gasteiger partial charge in [0.05, 0.1) is 0 Å². The summed E-state index contributed by atoms with van der Waals surface area (Å²) in [5, 5.41) is 2.20. The van der Waals surface area contributed by atoms with Gasteiger partial charge in [-0.1, -0.05) is 57.2 Å². The van der Waals surface area contributed by atoms with Crippen LogP contribution in [0.5, 0.6) is 5.75 Å². The van der Waals surface area contributed by atoms with Gasteiger partial charge in [0.1, 0.15) is 5.75 Å². The van der Waals surface area contributed by atoms with Gasteiger partial charge in [0.25, 0.3) is 5.91 Å². The molecule has 132 valence electrons. The first kappa shape index (κ1) is 16.4. The van der Waals surface area contributed by atoms with Gasteiger partial charge >= 0.3 is 0 Å². The minimum atomic E-state index is 0.124. The van der Waals surface area contributed by atoms with Crippen molar-refractivity contribution in [3.63, 3.8) is 0 Å². The molecule has 2 fully saturated rings. The lowest BCUT2D eigenvalue weighted by Crippen LogP contribution is -2.40. The molecule has 1 aliphatic carbocycles. The van der Waals surface area contributed by atoms with Crippen molar-refractivity contribution in [2.45, 2.75) is 46.1 Å². The molecule has 1 aliphatic heterocycles. The van der Waals surface area contributed by atoms with E-state index in [4.69, 9.17) is 4.74 Å². The topological polar surface area (TPSA) is 29.5 Å². The second-order valence-corrected chi connectivity index (χ2v) is 9.00. The summed E-state index contributed by atoms with van der Waals surface area (Å²) in [6, 6.07) is 14.5. The lowest BCUT2D eigenvalue weighted by molar-refractivity contribution is -0.134. The predicted molar refractivity (Wildman–Crippen MR) is 101 cm³/mol. The number of hydrogen-bond donors (Lipinski definition) is 0. The average Bonchev–Trinajstić information content (AvgIpc) is 2.81. The number of ether oxygens (including phenoxy) is 1. The van der Waals surface area contributed by atoms with Gasteiger partial charge in [-0.3, -0.25) is 4.79 Å². The van der Waals surface area contributed by atoms with Crippen LogP contribution in [0.25, 0.3) is 10.8 Å². The first-order valence-electron chi connectivity index (χ1n) is 9.25. The monoisotopic (exact) mass is 337 g/mol. The largest absolute Gasteiger partial charge is 0.483 e. The molecule has 1 saturated heterocycles. The van der Waals surface area contributed by atoms with Crippen molar-refractivity contribution >= 4 is 16.7 Å². The molecule has 25 heavy (non-hydrogen) atoms. The van der Waals surface area contributed by atoms with Crippen molar-refractivity contribution in [3.8, 4) is 5.75 Å². The van der Waals surface area contributed by atoms with Gasteiger partial charge in [-0.15, -0.1) is 0 Å². The molecule has 0 spiro atoms. The minimum absolute atomic E-state index is 0.124. The van der Waals surface area contributed by atoms with Crippen molar-refractivity contribution in [2.24, 2.45) is 10.8 Å². The summed E-state index contributed by atoms with van der Waals surface area (Å²) in [7, 11) is 0. The molecule has 1 heterocycles. The van der Waals surface area contributed by atoms with Gasteiger partial charge in [-0.05, 0) is 41.5 Å². The number of carbonyl (C=O) groups excluding carboxylic acids is 1. The van der Waals surface area contributed by atoms with E-state index >= 15 is 0 Å². The van der Waals surface area contributed by atoms with Gasteiger partial charge in [-0.2, -0.15) is 0 Å². The number of amides is 1. The first-order valence-corrected chi connectivity index (χ1v) is 9.25. The summed E-state index contributed by atoms with van der Waals surface area (Å²) in [5.41, 5.74) is 0.588. The second-order valence-electron chi connectivity index (χ2n) is 9.00. The number of nitrogens with zero attached hydrogens (tertiary/aromatic N) is 1. The Labute approximate surface area is 150 Å². The zero-order chi connectivity index (χ0) is 17.7. The maximum absolute atomic E-state index is 12.9. The van der Waals surface area contributed by atoms with E-state index in [9.17, 15) is 4.79 Å². The molecule has 1 amide bonds. The van der Waals surface area contributed by atoms with E-state index < -0.39 is 0 Å². The highest BCUT2D eigenvalue weighted by Gasteiger charge is 2.50. The number of fused-ring (bicyclic) bond motifs is 3. The fourth-order valence-electron chi connectivity index (χ4n) is 5.30. The molecule has 2 aromatic carbocycles. The quantitative estimate of drug-likeness (QED) is 0.816. The number of likely N-dealkylation sites (tertiary alicyclic amines) is 1. The van der Waals surface area contributed by atoms with Crippen LogP contribution in [0.3, 0.4) is 0 Å². The molecule has 3 heteroatoms. The molecule has 0 aromatic heterocycles. The molecule has 2 aromatic rings. The van der Waals surface area contributed by atoms with Gasteiger partial charge in [0, 0.05) is 18.0 Å². The molecular formula is C22H27NO2. The number of rotatable bonds is 3. The second kappa shape index (κ2) is 5.76. The SMILES string of the molecule is CC1(C)C[C@@H]2C[C@](C)(CN2C(=O)COc2cccc3ccccc23)C1. The average molecular weight is 337 g/mol. The third kappa shape index (κ3) is 3.12. The van der Waals surface area contributed by atoms with Crippen LogP contribution in [0.15, 0.2) is 42.5 Å². The lowest BCUT2D eigenvalue weighted by atomic mass is 9.65. The number of benzene rings is 2. The molecular weight excluding hydrogens is 310 g/mol. The maximum atomic E-state index is 12.9. The fraction of sp³-hybridized carbons (Fsp3) is 0.500. The zero-order valence-corrected chi connectivity index (χ0v) is 15.4. The van der Waals surface area contributed by atoms with Crippen LogP contribution in [0, 0.1) is 10.8 Å². The third-order valence-electron chi connectivity index (χ3n) is 5.84. The molecule has 2 atom stereocenters. The lowest BCUT2D eigenvalue weighted by Gasteiger charge is -2.39. The zero-order valence-electron chi connectivity index (χ0n) is 15.4. The van der Waals surface area contributed by atoms with E-state index in [1.807, 2.05) is 30.3 Å². The Morgan fingerprint density at radius 2 is 1.88 bits per heavy atom. The van der Waals surface area contributed by atoms with Crippen molar-refractivity contribution < 1.29 is 9.53 Å². The summed E-state index contributed by atoms with van der Waals surface area (Å²) in [4.78, 5) is 14.9. The molecule has 0 unspecified atom stereocenters. The summed E-state index contributed by atoms with van der Waals surface area (Å²) in [6.07, 6.45) is 3.43. The number of hydrogen-bond acceptors (Lipinski definition) is 2. The molecule has 3 nitrogen and oxygen atoms in total. The van der Waals surface area contributed by atoms with Crippen LogP contribution in [0.4, 0.5) is 0 Å². The molecule has 0 N–H and O–H groups in total. The van der Waals surface area contributed by atoms with E-state index in [2.05, 4.69) is 37.8 Å². The van der Waals surface area contributed by atoms with Crippen LogP contribution in [0.1, 0.15) is 40.0 Å². The van der Waals surface area contributed by atoms with Crippen LogP contribution < -0.4 is 4.74 Å². The molecule has 4 rings (SSSR count). The van der Waals surface area contributed by atoms with Crippen LogP contribution in [-0.4, -0.2) is 30.0 Å². The van der Waals surface area contributed by atoms with E-state index in [1.54, 1.807) is 0 Å². The van der Waals surface area contributed by atoms with Crippen molar-refractivity contribution in [1.29, 1.82) is 0 Å². The van der Waals surface area contributed by atoms with E-state index in [0.717, 1.165) is 35.9 Å². The Bertz CT molecular complexity index is 807. The highest BCUT2D eigenvalue weighted by Crippen LogP contribution is 2.52. The highest BCUT2D eigenvalue weighted by atomic mass is 16.5. The Morgan fingerprint density at radius 1 is 1.12 bits per heavy atom. The molecule has 2 aliphatic rings. The summed E-state index contributed by atoms with van der Waals surface area (Å²) < 4.78 is 5.94. The summed E-state index contributed by atoms with van der Waals surface area (Å²) in [6.45, 7) is 8.00. The molecule has 2 bridgehead atoms. The Balaban J connectivity index is 1.48. The molecule has 1 saturated carbocycles. The number of carbonyl (C=O) groups is 1. The Kier molecular flexibility index (Phi) is 3.78. The van der Waals surface area contributed by atoms with E-state index in [1.165, 1.54) is 6.42 Å². The van der Waals surface area contributed by atoms with Gasteiger partial charge in [-0.25, -0.2) is 0 Å². The van der Waals surface area contributed by atoms with Gasteiger partial charge in [0.2, 0.25) is 0 Å². The predicted octanol–water partition coefficient (Wildman–Crippen LogP) is 4.65. The smallest absolute Gasteiger partial charge is 0.260 e. The van der Waals surface area contributed by atoms with Crippen LogP contribution in [-0.2, 0) is 4.79 Å². The van der Waals surface area contributed by atoms with Crippen molar-refractivity contribution in [3.05, 3.63) is 42.5 Å².